The SMILES string of the molecule is CC(C)[C@H](O)C(=O)N[C@H]1Cc2ccc3c(c2)C2(c4cccc(-c5ccccc5)c4NC2O3)c2oc(nc2C=O)[C@H](C(C)C)NC1=O. The third kappa shape index (κ3) is 4.50. The molecule has 1 spiro atoms. The van der Waals surface area contributed by atoms with Gasteiger partial charge in [0.2, 0.25) is 17.7 Å². The molecule has 10 nitrogen and oxygen atoms in total. The van der Waals surface area contributed by atoms with Crippen LogP contribution >= 0.6 is 0 Å². The van der Waals surface area contributed by atoms with Crippen molar-refractivity contribution in [1.29, 1.82) is 0 Å². The summed E-state index contributed by atoms with van der Waals surface area (Å²) >= 11 is 0. The minimum absolute atomic E-state index is 0.116. The number of para-hydroxylation sites is 1. The third-order valence-corrected chi connectivity index (χ3v) is 9.30. The van der Waals surface area contributed by atoms with E-state index in [0.717, 1.165) is 33.5 Å². The average molecular weight is 621 g/mol. The molecule has 46 heavy (non-hydrogen) atoms. The van der Waals surface area contributed by atoms with Crippen LogP contribution in [0.15, 0.2) is 71.1 Å². The molecular weight excluding hydrogens is 584 g/mol. The lowest BCUT2D eigenvalue weighted by atomic mass is 9.72. The summed E-state index contributed by atoms with van der Waals surface area (Å²) in [7, 11) is 0. The minimum Gasteiger partial charge on any atom is -0.469 e. The molecular formula is C36H36N4O6. The second-order valence-electron chi connectivity index (χ2n) is 12.9. The van der Waals surface area contributed by atoms with Crippen molar-refractivity contribution in [2.75, 3.05) is 5.32 Å². The lowest BCUT2D eigenvalue weighted by Crippen LogP contribution is -2.52. The molecule has 2 amide bonds. The van der Waals surface area contributed by atoms with Crippen LogP contribution in [0.3, 0.4) is 0 Å². The summed E-state index contributed by atoms with van der Waals surface area (Å²) in [5, 5.41) is 19.9. The van der Waals surface area contributed by atoms with E-state index >= 15 is 0 Å². The van der Waals surface area contributed by atoms with Crippen LogP contribution in [0.5, 0.6) is 5.75 Å². The van der Waals surface area contributed by atoms with Gasteiger partial charge < -0.3 is 30.2 Å². The maximum atomic E-state index is 13.8. The van der Waals surface area contributed by atoms with Gasteiger partial charge in [-0.3, -0.25) is 14.4 Å². The predicted octanol–water partition coefficient (Wildman–Crippen LogP) is 4.50. The molecule has 0 fully saturated rings. The van der Waals surface area contributed by atoms with Crippen LogP contribution in [0.25, 0.3) is 11.1 Å². The van der Waals surface area contributed by atoms with Crippen molar-refractivity contribution in [2.24, 2.45) is 11.8 Å². The van der Waals surface area contributed by atoms with E-state index in [4.69, 9.17) is 9.15 Å². The summed E-state index contributed by atoms with van der Waals surface area (Å²) in [5.41, 5.74) is 4.25. The zero-order chi connectivity index (χ0) is 32.3. The molecule has 3 aliphatic heterocycles. The smallest absolute Gasteiger partial charge is 0.249 e. The molecule has 0 saturated carbocycles. The Kier molecular flexibility index (Phi) is 7.20. The number of oxazole rings is 1. The maximum Gasteiger partial charge on any atom is 0.249 e. The van der Waals surface area contributed by atoms with Crippen LogP contribution in [0, 0.1) is 11.8 Å². The Hall–Kier alpha value is -4.96. The Morgan fingerprint density at radius 3 is 2.54 bits per heavy atom. The first kappa shape index (κ1) is 29.7. The van der Waals surface area contributed by atoms with Gasteiger partial charge in [-0.2, -0.15) is 0 Å². The topological polar surface area (TPSA) is 143 Å². The number of aromatic nitrogens is 1. The van der Waals surface area contributed by atoms with E-state index in [9.17, 15) is 19.5 Å². The molecule has 4 bridgehead atoms. The predicted molar refractivity (Wildman–Crippen MR) is 170 cm³/mol. The van der Waals surface area contributed by atoms with Crippen molar-refractivity contribution in [1.82, 2.24) is 15.6 Å². The van der Waals surface area contributed by atoms with Crippen molar-refractivity contribution < 1.29 is 28.6 Å². The molecule has 7 rings (SSSR count). The number of aliphatic hydroxyl groups is 1. The standard InChI is InChI=1S/C36H36N4O6/c1-18(2)28-34-38-26(17-41)31(46-34)36-23-12-8-11-22(21-9-6-5-7-10-21)29(23)40-35(36)45-27-14-13-20(15-24(27)36)16-25(32(43)39-28)37-33(44)30(42)19(3)4/h5-15,17-19,25,28,30,35,40,42H,16H2,1-4H3,(H,37,44)(H,39,43)/t25-,28-,30-,35?,36?/m0/s1. The highest BCUT2D eigenvalue weighted by atomic mass is 16.5. The minimum atomic E-state index is -1.28. The Bertz CT molecular complexity index is 1850. The first-order valence-electron chi connectivity index (χ1n) is 15.6. The lowest BCUT2D eigenvalue weighted by molar-refractivity contribution is -0.135. The molecule has 5 atom stereocenters. The van der Waals surface area contributed by atoms with Gasteiger partial charge in [0.25, 0.3) is 0 Å². The van der Waals surface area contributed by atoms with Crippen molar-refractivity contribution in [2.45, 2.75) is 63.9 Å². The molecule has 0 aliphatic carbocycles. The number of benzene rings is 3. The molecule has 4 aromatic rings. The van der Waals surface area contributed by atoms with Gasteiger partial charge in [0.1, 0.15) is 35.0 Å². The summed E-state index contributed by atoms with van der Waals surface area (Å²) in [6, 6.07) is 20.0. The quantitative estimate of drug-likeness (QED) is 0.231. The number of carbonyl (C=O) groups is 3. The van der Waals surface area contributed by atoms with Crippen LogP contribution in [0.1, 0.15) is 72.6 Å². The summed E-state index contributed by atoms with van der Waals surface area (Å²) in [6.45, 7) is 7.29. The van der Waals surface area contributed by atoms with E-state index in [-0.39, 0.29) is 29.8 Å². The lowest BCUT2D eigenvalue weighted by Gasteiger charge is -2.29. The van der Waals surface area contributed by atoms with Gasteiger partial charge in [-0.1, -0.05) is 88.4 Å². The van der Waals surface area contributed by atoms with E-state index in [2.05, 4.69) is 20.9 Å². The van der Waals surface area contributed by atoms with E-state index in [0.29, 0.717) is 17.8 Å². The van der Waals surface area contributed by atoms with Crippen molar-refractivity contribution in [3.05, 3.63) is 101 Å². The largest absolute Gasteiger partial charge is 0.469 e. The summed E-state index contributed by atoms with van der Waals surface area (Å²) in [6.07, 6.45) is -1.11. The van der Waals surface area contributed by atoms with Gasteiger partial charge in [-0.25, -0.2) is 4.98 Å². The number of rotatable bonds is 6. The fraction of sp³-hybridized carbons (Fsp3) is 0.333. The zero-order valence-electron chi connectivity index (χ0n) is 26.0. The summed E-state index contributed by atoms with van der Waals surface area (Å²) < 4.78 is 13.2. The number of anilines is 1. The van der Waals surface area contributed by atoms with E-state index in [1.807, 2.05) is 80.6 Å². The summed E-state index contributed by atoms with van der Waals surface area (Å²) in [4.78, 5) is 44.2. The van der Waals surface area contributed by atoms with Crippen LogP contribution < -0.4 is 20.7 Å². The molecule has 4 heterocycles. The highest BCUT2D eigenvalue weighted by molar-refractivity contribution is 5.91. The summed E-state index contributed by atoms with van der Waals surface area (Å²) in [5.74, 6) is -0.497. The van der Waals surface area contributed by atoms with Gasteiger partial charge in [0.05, 0.1) is 0 Å². The van der Waals surface area contributed by atoms with Crippen molar-refractivity contribution in [3.63, 3.8) is 0 Å². The Morgan fingerprint density at radius 1 is 1.04 bits per heavy atom. The number of nitrogens with one attached hydrogen (secondary N) is 3. The van der Waals surface area contributed by atoms with Crippen LogP contribution in [-0.2, 0) is 21.4 Å². The molecule has 2 unspecified atom stereocenters. The van der Waals surface area contributed by atoms with Crippen molar-refractivity contribution >= 4 is 23.8 Å². The van der Waals surface area contributed by atoms with Gasteiger partial charge in [0.15, 0.2) is 18.3 Å². The van der Waals surface area contributed by atoms with Crippen LogP contribution in [-0.4, -0.2) is 46.6 Å². The molecule has 0 saturated heterocycles. The van der Waals surface area contributed by atoms with E-state index in [1.54, 1.807) is 13.8 Å². The monoisotopic (exact) mass is 620 g/mol. The Balaban J connectivity index is 1.46. The van der Waals surface area contributed by atoms with Gasteiger partial charge in [0, 0.05) is 28.8 Å². The normalized spacial score (nSPS) is 23.3. The zero-order valence-corrected chi connectivity index (χ0v) is 26.0. The van der Waals surface area contributed by atoms with Gasteiger partial charge >= 0.3 is 0 Å². The first-order valence-corrected chi connectivity index (χ1v) is 15.6. The average Bonchev–Trinajstić information content (AvgIpc) is 3.71. The maximum absolute atomic E-state index is 13.8. The molecule has 3 aliphatic rings. The van der Waals surface area contributed by atoms with E-state index < -0.39 is 41.6 Å². The third-order valence-electron chi connectivity index (χ3n) is 9.30. The molecule has 1 aromatic heterocycles. The number of nitrogens with zero attached hydrogens (tertiary/aromatic N) is 1. The number of hydrogen-bond acceptors (Lipinski definition) is 8. The number of fused-ring (bicyclic) bond motifs is 4. The van der Waals surface area contributed by atoms with E-state index in [1.165, 1.54) is 0 Å². The Morgan fingerprint density at radius 2 is 1.83 bits per heavy atom. The number of amides is 2. The molecule has 0 radical (unpaired) electrons. The fourth-order valence-electron chi connectivity index (χ4n) is 6.90. The number of carbonyl (C=O) groups excluding carboxylic acids is 3. The molecule has 3 aromatic carbocycles. The van der Waals surface area contributed by atoms with Crippen molar-refractivity contribution in [3.8, 4) is 16.9 Å². The number of aliphatic hydroxyl groups excluding tert-OH is 1. The van der Waals surface area contributed by atoms with Gasteiger partial charge in [-0.15, -0.1) is 0 Å². The highest BCUT2D eigenvalue weighted by Gasteiger charge is 2.61. The molecule has 4 N–H and O–H groups in total. The van der Waals surface area contributed by atoms with Crippen LogP contribution in [0.4, 0.5) is 5.69 Å². The molecule has 10 heteroatoms. The first-order chi connectivity index (χ1) is 22.1. The number of hydrogen-bond donors (Lipinski definition) is 4. The van der Waals surface area contributed by atoms with Crippen LogP contribution in [0.2, 0.25) is 0 Å². The highest BCUT2D eigenvalue weighted by Crippen LogP contribution is 2.59. The second kappa shape index (κ2) is 11.1. The second-order valence-corrected chi connectivity index (χ2v) is 12.9. The Labute approximate surface area is 266 Å². The van der Waals surface area contributed by atoms with Gasteiger partial charge in [-0.05, 0) is 29.0 Å². The number of aldehydes is 1. The fourth-order valence-corrected chi connectivity index (χ4v) is 6.90. The molecule has 236 valence electrons. The number of ether oxygens (including phenoxy) is 1.